The summed E-state index contributed by atoms with van der Waals surface area (Å²) in [6.07, 6.45) is 2.66. The number of rotatable bonds is 10. The molecule has 1 fully saturated rings. The van der Waals surface area contributed by atoms with Crippen molar-refractivity contribution in [2.75, 3.05) is 33.8 Å². The fourth-order valence-electron chi connectivity index (χ4n) is 3.87. The van der Waals surface area contributed by atoms with E-state index in [1.165, 1.54) is 17.0 Å². The van der Waals surface area contributed by atoms with Crippen LogP contribution in [0.15, 0.2) is 54.1 Å². The van der Waals surface area contributed by atoms with Crippen LogP contribution in [0.3, 0.4) is 0 Å². The van der Waals surface area contributed by atoms with Gasteiger partial charge in [0.2, 0.25) is 0 Å². The number of phenolic OH excluding ortho intramolecular Hbond substituents is 1. The Labute approximate surface area is 194 Å². The number of aliphatic hydroxyl groups excluding tert-OH is 1. The summed E-state index contributed by atoms with van der Waals surface area (Å²) >= 11 is 0. The Morgan fingerprint density at radius 3 is 2.30 bits per heavy atom. The third-order valence-electron chi connectivity index (χ3n) is 5.65. The molecule has 0 aromatic heterocycles. The van der Waals surface area contributed by atoms with Crippen molar-refractivity contribution in [2.24, 2.45) is 0 Å². The van der Waals surface area contributed by atoms with Crippen molar-refractivity contribution >= 4 is 17.4 Å². The molecule has 7 heteroatoms. The maximum absolute atomic E-state index is 13.0. The average molecular weight is 453 g/mol. The van der Waals surface area contributed by atoms with Crippen LogP contribution in [0.25, 0.3) is 5.76 Å². The average Bonchev–Trinajstić information content (AvgIpc) is 3.04. The van der Waals surface area contributed by atoms with E-state index in [1.807, 2.05) is 19.0 Å². The Bertz CT molecular complexity index is 996. The van der Waals surface area contributed by atoms with Crippen LogP contribution >= 0.6 is 0 Å². The lowest BCUT2D eigenvalue weighted by atomic mass is 9.95. The minimum Gasteiger partial charge on any atom is -0.508 e. The number of likely N-dealkylation sites (tertiary alicyclic amines) is 1. The molecule has 0 bridgehead atoms. The first-order valence-electron chi connectivity index (χ1n) is 11.3. The quantitative estimate of drug-likeness (QED) is 0.246. The van der Waals surface area contributed by atoms with Crippen molar-refractivity contribution < 1.29 is 24.5 Å². The maximum Gasteiger partial charge on any atom is 0.295 e. The van der Waals surface area contributed by atoms with Gasteiger partial charge in [-0.3, -0.25) is 9.59 Å². The Morgan fingerprint density at radius 1 is 1.03 bits per heavy atom. The van der Waals surface area contributed by atoms with Crippen LogP contribution in [-0.4, -0.2) is 65.5 Å². The summed E-state index contributed by atoms with van der Waals surface area (Å²) in [6, 6.07) is 12.5. The molecule has 2 aromatic rings. The summed E-state index contributed by atoms with van der Waals surface area (Å²) in [5, 5.41) is 20.8. The second-order valence-electron chi connectivity index (χ2n) is 8.47. The molecule has 3 rings (SSSR count). The summed E-state index contributed by atoms with van der Waals surface area (Å²) in [4.78, 5) is 29.5. The molecular weight excluding hydrogens is 420 g/mol. The van der Waals surface area contributed by atoms with Crippen molar-refractivity contribution in [3.8, 4) is 11.5 Å². The number of aromatic hydroxyl groups is 1. The van der Waals surface area contributed by atoms with Crippen LogP contribution in [0.2, 0.25) is 0 Å². The van der Waals surface area contributed by atoms with E-state index >= 15 is 0 Å². The highest BCUT2D eigenvalue weighted by Gasteiger charge is 2.45. The van der Waals surface area contributed by atoms with Gasteiger partial charge in [0.1, 0.15) is 17.3 Å². The Kier molecular flexibility index (Phi) is 8.11. The number of hydrogen-bond acceptors (Lipinski definition) is 6. The zero-order valence-corrected chi connectivity index (χ0v) is 19.5. The molecule has 0 aliphatic carbocycles. The molecule has 0 radical (unpaired) electrons. The Morgan fingerprint density at radius 2 is 1.70 bits per heavy atom. The molecule has 0 unspecified atom stereocenters. The van der Waals surface area contributed by atoms with E-state index in [0.29, 0.717) is 36.4 Å². The number of ketones is 1. The number of ether oxygens (including phenoxy) is 1. The molecule has 2 aromatic carbocycles. The lowest BCUT2D eigenvalue weighted by molar-refractivity contribution is -0.139. The number of amides is 1. The van der Waals surface area contributed by atoms with Gasteiger partial charge in [0.05, 0.1) is 18.2 Å². The number of hydrogen-bond donors (Lipinski definition) is 2. The molecular formula is C26H32N2O5. The third-order valence-corrected chi connectivity index (χ3v) is 5.65. The van der Waals surface area contributed by atoms with Gasteiger partial charge in [-0.1, -0.05) is 25.5 Å². The second kappa shape index (κ2) is 11.0. The zero-order chi connectivity index (χ0) is 24.0. The van der Waals surface area contributed by atoms with Crippen molar-refractivity contribution in [3.05, 3.63) is 65.2 Å². The Hall–Kier alpha value is -3.32. The van der Waals surface area contributed by atoms with Gasteiger partial charge in [-0.2, -0.15) is 0 Å². The predicted molar refractivity (Wildman–Crippen MR) is 127 cm³/mol. The normalized spacial score (nSPS) is 17.7. The van der Waals surface area contributed by atoms with Gasteiger partial charge in [0.25, 0.3) is 11.7 Å². The van der Waals surface area contributed by atoms with E-state index in [2.05, 4.69) is 6.92 Å². The number of nitrogens with zero attached hydrogens (tertiary/aromatic N) is 2. The van der Waals surface area contributed by atoms with E-state index in [4.69, 9.17) is 4.74 Å². The maximum atomic E-state index is 13.0. The standard InChI is InChI=1S/C26H32N2O5/c1-4-5-17-33-21-13-9-19(10-14-21)24(30)22-23(18-7-11-20(29)12-8-18)28(26(32)25(22)31)16-6-15-27(2)3/h7-14,23,29-30H,4-6,15-17H2,1-3H3/t23-/m0/s1. The molecule has 176 valence electrons. The van der Waals surface area contributed by atoms with Crippen LogP contribution in [0.1, 0.15) is 43.4 Å². The fraction of sp³-hybridized carbons (Fsp3) is 0.385. The molecule has 0 spiro atoms. The van der Waals surface area contributed by atoms with Gasteiger partial charge in [-0.05, 0) is 75.4 Å². The van der Waals surface area contributed by atoms with Gasteiger partial charge in [0, 0.05) is 12.1 Å². The van der Waals surface area contributed by atoms with Crippen molar-refractivity contribution in [1.82, 2.24) is 9.80 Å². The number of carbonyl (C=O) groups excluding carboxylic acids is 2. The first-order valence-corrected chi connectivity index (χ1v) is 11.3. The molecule has 2 N–H and O–H groups in total. The van der Waals surface area contributed by atoms with Crippen LogP contribution in [-0.2, 0) is 9.59 Å². The largest absolute Gasteiger partial charge is 0.508 e. The monoisotopic (exact) mass is 452 g/mol. The van der Waals surface area contributed by atoms with Gasteiger partial charge in [0.15, 0.2) is 0 Å². The summed E-state index contributed by atoms with van der Waals surface area (Å²) in [7, 11) is 3.89. The highest BCUT2D eigenvalue weighted by atomic mass is 16.5. The van der Waals surface area contributed by atoms with E-state index in [9.17, 15) is 19.8 Å². The Balaban J connectivity index is 1.97. The number of phenols is 1. The molecule has 33 heavy (non-hydrogen) atoms. The first kappa shape index (κ1) is 24.3. The van der Waals surface area contributed by atoms with Crippen molar-refractivity contribution in [3.63, 3.8) is 0 Å². The second-order valence-corrected chi connectivity index (χ2v) is 8.47. The van der Waals surface area contributed by atoms with E-state index in [1.54, 1.807) is 36.4 Å². The van der Waals surface area contributed by atoms with E-state index < -0.39 is 17.7 Å². The summed E-state index contributed by atoms with van der Waals surface area (Å²) in [6.45, 7) is 3.83. The number of carbonyl (C=O) groups is 2. The van der Waals surface area contributed by atoms with Gasteiger partial charge in [-0.25, -0.2) is 0 Å². The SMILES string of the molecule is CCCCOc1ccc(C(O)=C2C(=O)C(=O)N(CCCN(C)C)[C@H]2c2ccc(O)cc2)cc1. The lowest BCUT2D eigenvalue weighted by Gasteiger charge is -2.26. The summed E-state index contributed by atoms with van der Waals surface area (Å²) in [5.74, 6) is -0.797. The van der Waals surface area contributed by atoms with Crippen molar-refractivity contribution in [1.29, 1.82) is 0 Å². The summed E-state index contributed by atoms with van der Waals surface area (Å²) in [5.41, 5.74) is 1.14. The molecule has 1 amide bonds. The number of Topliss-reactive ketones (excluding diaryl/α,β-unsaturated/α-hetero) is 1. The van der Waals surface area contributed by atoms with Crippen molar-refractivity contribution in [2.45, 2.75) is 32.2 Å². The number of aliphatic hydroxyl groups is 1. The minimum atomic E-state index is -0.728. The molecule has 1 heterocycles. The molecule has 1 atom stereocenters. The van der Waals surface area contributed by atoms with E-state index in [-0.39, 0.29) is 17.1 Å². The topological polar surface area (TPSA) is 90.3 Å². The molecule has 0 saturated carbocycles. The summed E-state index contributed by atoms with van der Waals surface area (Å²) < 4.78 is 5.67. The lowest BCUT2D eigenvalue weighted by Crippen LogP contribution is -2.32. The number of unbranched alkanes of at least 4 members (excludes halogenated alkanes) is 1. The van der Waals surface area contributed by atoms with Crippen LogP contribution < -0.4 is 4.74 Å². The zero-order valence-electron chi connectivity index (χ0n) is 19.5. The molecule has 1 saturated heterocycles. The predicted octanol–water partition coefficient (Wildman–Crippen LogP) is 3.94. The van der Waals surface area contributed by atoms with Crippen LogP contribution in [0, 0.1) is 0 Å². The van der Waals surface area contributed by atoms with Gasteiger partial charge in [-0.15, -0.1) is 0 Å². The van der Waals surface area contributed by atoms with Gasteiger partial charge < -0.3 is 24.7 Å². The molecule has 1 aliphatic rings. The van der Waals surface area contributed by atoms with Crippen LogP contribution in [0.4, 0.5) is 0 Å². The smallest absolute Gasteiger partial charge is 0.295 e. The highest BCUT2D eigenvalue weighted by molar-refractivity contribution is 6.46. The van der Waals surface area contributed by atoms with Gasteiger partial charge >= 0.3 is 0 Å². The fourth-order valence-corrected chi connectivity index (χ4v) is 3.87. The molecule has 7 nitrogen and oxygen atoms in total. The first-order chi connectivity index (χ1) is 15.8. The highest BCUT2D eigenvalue weighted by Crippen LogP contribution is 2.40. The molecule has 1 aliphatic heterocycles. The third kappa shape index (κ3) is 5.73. The minimum absolute atomic E-state index is 0.0511. The van der Waals surface area contributed by atoms with Crippen LogP contribution in [0.5, 0.6) is 11.5 Å². The number of benzene rings is 2. The van der Waals surface area contributed by atoms with E-state index in [0.717, 1.165) is 19.4 Å².